The molecule has 2 aromatic rings. The third kappa shape index (κ3) is 5.11. The van der Waals surface area contributed by atoms with E-state index in [-0.39, 0.29) is 18.0 Å². The molecular formula is C25H32N4O3. The molecule has 7 heteroatoms. The smallest absolute Gasteiger partial charge is 0.256 e. The molecule has 2 aromatic carbocycles. The van der Waals surface area contributed by atoms with Gasteiger partial charge >= 0.3 is 0 Å². The van der Waals surface area contributed by atoms with Crippen LogP contribution in [-0.2, 0) is 4.74 Å². The molecule has 2 amide bonds. The standard InChI is InChI=1S/C25H32N4O3/c1-32-17-7-15-29-23(21-10-2-3-11-22(21)25(29)31)27-20-9-6-8-19(18-20)24(30)26-12-16-28-13-4-5-14-28/h2-3,6,8-11,18,23,27H,4-5,7,12-17H2,1H3,(H,26,30). The highest BCUT2D eigenvalue weighted by Gasteiger charge is 2.36. The Morgan fingerprint density at radius 1 is 1.09 bits per heavy atom. The molecule has 0 aliphatic carbocycles. The van der Waals surface area contributed by atoms with E-state index in [2.05, 4.69) is 15.5 Å². The van der Waals surface area contributed by atoms with E-state index >= 15 is 0 Å². The topological polar surface area (TPSA) is 73.9 Å². The van der Waals surface area contributed by atoms with Gasteiger partial charge in [0.2, 0.25) is 0 Å². The van der Waals surface area contributed by atoms with Crippen molar-refractivity contribution in [2.45, 2.75) is 25.4 Å². The number of likely N-dealkylation sites (tertiary alicyclic amines) is 1. The van der Waals surface area contributed by atoms with E-state index in [4.69, 9.17) is 4.74 Å². The number of carbonyl (C=O) groups excluding carboxylic acids is 2. The number of benzene rings is 2. The third-order valence-corrected chi connectivity index (χ3v) is 6.15. The zero-order chi connectivity index (χ0) is 22.3. The molecule has 2 heterocycles. The van der Waals surface area contributed by atoms with Gasteiger partial charge in [0.15, 0.2) is 0 Å². The van der Waals surface area contributed by atoms with Gasteiger partial charge in [-0.2, -0.15) is 0 Å². The molecule has 4 rings (SSSR count). The van der Waals surface area contributed by atoms with Crippen molar-refractivity contribution in [2.75, 3.05) is 51.8 Å². The second kappa shape index (κ2) is 10.6. The summed E-state index contributed by atoms with van der Waals surface area (Å²) >= 11 is 0. The van der Waals surface area contributed by atoms with Gasteiger partial charge in [-0.1, -0.05) is 24.3 Å². The van der Waals surface area contributed by atoms with Crippen LogP contribution in [0.25, 0.3) is 0 Å². The molecule has 1 unspecified atom stereocenters. The summed E-state index contributed by atoms with van der Waals surface area (Å²) in [4.78, 5) is 29.9. The predicted molar refractivity (Wildman–Crippen MR) is 125 cm³/mol. The van der Waals surface area contributed by atoms with Gasteiger partial charge in [-0.25, -0.2) is 0 Å². The van der Waals surface area contributed by atoms with Crippen LogP contribution in [0.5, 0.6) is 0 Å². The number of ether oxygens (including phenoxy) is 1. The number of anilines is 1. The molecule has 170 valence electrons. The van der Waals surface area contributed by atoms with Crippen molar-refractivity contribution in [3.05, 3.63) is 65.2 Å². The lowest BCUT2D eigenvalue weighted by Gasteiger charge is -2.27. The lowest BCUT2D eigenvalue weighted by molar-refractivity contribution is 0.0721. The quantitative estimate of drug-likeness (QED) is 0.560. The summed E-state index contributed by atoms with van der Waals surface area (Å²) in [5, 5.41) is 6.50. The number of nitrogens with one attached hydrogen (secondary N) is 2. The number of nitrogens with zero attached hydrogens (tertiary/aromatic N) is 2. The Hall–Kier alpha value is -2.90. The lowest BCUT2D eigenvalue weighted by atomic mass is 10.1. The molecule has 0 spiro atoms. The van der Waals surface area contributed by atoms with Crippen LogP contribution in [0.4, 0.5) is 5.69 Å². The Morgan fingerprint density at radius 3 is 2.72 bits per heavy atom. The molecular weight excluding hydrogens is 404 g/mol. The minimum absolute atomic E-state index is 0.0185. The van der Waals surface area contributed by atoms with Gasteiger partial charge < -0.3 is 25.2 Å². The van der Waals surface area contributed by atoms with Crippen molar-refractivity contribution < 1.29 is 14.3 Å². The normalized spacial score (nSPS) is 18.1. The maximum Gasteiger partial charge on any atom is 0.256 e. The number of rotatable bonds is 10. The summed E-state index contributed by atoms with van der Waals surface area (Å²) in [5.74, 6) is -0.0577. The van der Waals surface area contributed by atoms with Crippen LogP contribution in [-0.4, -0.2) is 68.1 Å². The summed E-state index contributed by atoms with van der Waals surface area (Å²) < 4.78 is 5.17. The Balaban J connectivity index is 1.43. The number of fused-ring (bicyclic) bond motifs is 1. The van der Waals surface area contributed by atoms with Crippen molar-refractivity contribution in [2.24, 2.45) is 0 Å². The maximum atomic E-state index is 13.0. The number of hydrogen-bond acceptors (Lipinski definition) is 5. The Morgan fingerprint density at radius 2 is 1.91 bits per heavy atom. The van der Waals surface area contributed by atoms with Crippen molar-refractivity contribution in [3.63, 3.8) is 0 Å². The molecule has 2 aliphatic rings. The minimum atomic E-state index is -0.274. The third-order valence-electron chi connectivity index (χ3n) is 6.15. The second-order valence-corrected chi connectivity index (χ2v) is 8.36. The first kappa shape index (κ1) is 22.3. The number of hydrogen-bond donors (Lipinski definition) is 2. The van der Waals surface area contributed by atoms with Gasteiger partial charge in [0.05, 0.1) is 0 Å². The van der Waals surface area contributed by atoms with Crippen LogP contribution in [0.3, 0.4) is 0 Å². The van der Waals surface area contributed by atoms with Crippen LogP contribution in [0.2, 0.25) is 0 Å². The summed E-state index contributed by atoms with van der Waals surface area (Å²) in [6, 6.07) is 15.2. The Kier molecular flexibility index (Phi) is 7.39. The van der Waals surface area contributed by atoms with Crippen LogP contribution in [0.1, 0.15) is 51.7 Å². The summed E-state index contributed by atoms with van der Waals surface area (Å²) in [6.07, 6.45) is 2.98. The lowest BCUT2D eigenvalue weighted by Crippen LogP contribution is -2.34. The first-order chi connectivity index (χ1) is 15.7. The molecule has 7 nitrogen and oxygen atoms in total. The van der Waals surface area contributed by atoms with Gasteiger partial charge in [0.25, 0.3) is 11.8 Å². The van der Waals surface area contributed by atoms with Crippen LogP contribution >= 0.6 is 0 Å². The second-order valence-electron chi connectivity index (χ2n) is 8.36. The number of carbonyl (C=O) groups is 2. The van der Waals surface area contributed by atoms with E-state index in [1.54, 1.807) is 7.11 Å². The van der Waals surface area contributed by atoms with Crippen LogP contribution in [0.15, 0.2) is 48.5 Å². The predicted octanol–water partition coefficient (Wildman–Crippen LogP) is 3.12. The zero-order valence-corrected chi connectivity index (χ0v) is 18.7. The first-order valence-electron chi connectivity index (χ1n) is 11.4. The Bertz CT molecular complexity index is 942. The fraction of sp³-hybridized carbons (Fsp3) is 0.440. The summed E-state index contributed by atoms with van der Waals surface area (Å²) in [6.45, 7) is 4.97. The van der Waals surface area contributed by atoms with E-state index in [0.29, 0.717) is 25.3 Å². The molecule has 0 bridgehead atoms. The number of methoxy groups -OCH3 is 1. The fourth-order valence-corrected chi connectivity index (χ4v) is 4.48. The highest BCUT2D eigenvalue weighted by atomic mass is 16.5. The fourth-order valence-electron chi connectivity index (χ4n) is 4.48. The SMILES string of the molecule is COCCCN1C(=O)c2ccccc2C1Nc1cccc(C(=O)NCCN2CCCC2)c1. The monoisotopic (exact) mass is 436 g/mol. The van der Waals surface area contributed by atoms with Crippen molar-refractivity contribution in [1.29, 1.82) is 0 Å². The highest BCUT2D eigenvalue weighted by Crippen LogP contribution is 2.34. The minimum Gasteiger partial charge on any atom is -0.385 e. The van der Waals surface area contributed by atoms with Gasteiger partial charge in [-0.15, -0.1) is 0 Å². The van der Waals surface area contributed by atoms with E-state index in [0.717, 1.165) is 42.9 Å². The first-order valence-corrected chi connectivity index (χ1v) is 11.4. The van der Waals surface area contributed by atoms with Gasteiger partial charge in [0, 0.05) is 55.7 Å². The van der Waals surface area contributed by atoms with E-state index in [1.807, 2.05) is 53.4 Å². The van der Waals surface area contributed by atoms with E-state index in [1.165, 1.54) is 12.8 Å². The summed E-state index contributed by atoms with van der Waals surface area (Å²) in [7, 11) is 1.66. The maximum absolute atomic E-state index is 13.0. The molecule has 2 N–H and O–H groups in total. The van der Waals surface area contributed by atoms with Crippen molar-refractivity contribution >= 4 is 17.5 Å². The van der Waals surface area contributed by atoms with Crippen LogP contribution in [0, 0.1) is 0 Å². The molecule has 1 fully saturated rings. The molecule has 2 aliphatic heterocycles. The molecule has 0 aromatic heterocycles. The Labute approximate surface area is 189 Å². The molecule has 1 atom stereocenters. The summed E-state index contributed by atoms with van der Waals surface area (Å²) in [5.41, 5.74) is 3.09. The zero-order valence-electron chi connectivity index (χ0n) is 18.7. The largest absolute Gasteiger partial charge is 0.385 e. The highest BCUT2D eigenvalue weighted by molar-refractivity contribution is 5.99. The van der Waals surface area contributed by atoms with Gasteiger partial charge in [-0.05, 0) is 56.6 Å². The average molecular weight is 437 g/mol. The molecule has 32 heavy (non-hydrogen) atoms. The molecule has 0 radical (unpaired) electrons. The number of amides is 2. The molecule has 1 saturated heterocycles. The van der Waals surface area contributed by atoms with Crippen LogP contribution < -0.4 is 10.6 Å². The van der Waals surface area contributed by atoms with Crippen molar-refractivity contribution in [3.8, 4) is 0 Å². The molecule has 0 saturated carbocycles. The van der Waals surface area contributed by atoms with E-state index < -0.39 is 0 Å². The van der Waals surface area contributed by atoms with Gasteiger partial charge in [0.1, 0.15) is 6.17 Å². The van der Waals surface area contributed by atoms with Crippen molar-refractivity contribution in [1.82, 2.24) is 15.1 Å². The average Bonchev–Trinajstić information content (AvgIpc) is 3.42. The van der Waals surface area contributed by atoms with E-state index in [9.17, 15) is 9.59 Å². The van der Waals surface area contributed by atoms with Gasteiger partial charge in [-0.3, -0.25) is 9.59 Å².